The summed E-state index contributed by atoms with van der Waals surface area (Å²) in [6.45, 7) is 5.68. The molecule has 0 radical (unpaired) electrons. The van der Waals surface area contributed by atoms with Gasteiger partial charge in [-0.2, -0.15) is 0 Å². The van der Waals surface area contributed by atoms with E-state index in [0.717, 1.165) is 62.4 Å². The van der Waals surface area contributed by atoms with E-state index >= 15 is 0 Å². The number of phenolic OH excluding ortho intramolecular Hbond substituents is 1. The van der Waals surface area contributed by atoms with Gasteiger partial charge < -0.3 is 24.6 Å². The number of aliphatic hydroxyl groups is 1. The molecule has 2 aliphatic rings. The fraction of sp³-hybridized carbons (Fsp3) is 0.433. The van der Waals surface area contributed by atoms with E-state index < -0.39 is 5.60 Å². The molecule has 2 aromatic carbocycles. The fourth-order valence-corrected chi connectivity index (χ4v) is 5.62. The molecule has 7 nitrogen and oxygen atoms in total. The maximum absolute atomic E-state index is 11.5. The Labute approximate surface area is 229 Å². The summed E-state index contributed by atoms with van der Waals surface area (Å²) >= 11 is 6.54. The van der Waals surface area contributed by atoms with E-state index in [2.05, 4.69) is 26.9 Å². The van der Waals surface area contributed by atoms with Gasteiger partial charge in [0.15, 0.2) is 6.29 Å². The highest BCUT2D eigenvalue weighted by atomic mass is 35.5. The molecule has 2 fully saturated rings. The first-order chi connectivity index (χ1) is 18.4. The lowest BCUT2D eigenvalue weighted by molar-refractivity contribution is -0.169. The van der Waals surface area contributed by atoms with Crippen molar-refractivity contribution >= 4 is 17.3 Å². The molecule has 3 heterocycles. The zero-order valence-electron chi connectivity index (χ0n) is 21.8. The zero-order chi connectivity index (χ0) is 26.5. The van der Waals surface area contributed by atoms with Crippen LogP contribution in [0.1, 0.15) is 49.0 Å². The number of aromatic nitrogens is 1. The first-order valence-corrected chi connectivity index (χ1v) is 13.7. The maximum Gasteiger partial charge on any atom is 0.158 e. The van der Waals surface area contributed by atoms with E-state index in [1.807, 2.05) is 43.3 Å². The van der Waals surface area contributed by atoms with E-state index in [1.54, 1.807) is 18.3 Å². The van der Waals surface area contributed by atoms with Crippen molar-refractivity contribution in [1.82, 2.24) is 9.88 Å². The van der Waals surface area contributed by atoms with Crippen molar-refractivity contribution in [2.45, 2.75) is 50.7 Å². The van der Waals surface area contributed by atoms with Crippen LogP contribution < -0.4 is 4.90 Å². The van der Waals surface area contributed by atoms with Gasteiger partial charge in [0.05, 0.1) is 29.1 Å². The SMILES string of the molecule is C[C@@](O)(CN1CCN(c2ccc(O)cc2Cl)[C@H](c2ccccc2)C1)c1ccc(COC2CCCCO2)nc1. The number of hydrogen-bond acceptors (Lipinski definition) is 7. The molecular formula is C30H36ClN3O4. The van der Waals surface area contributed by atoms with Gasteiger partial charge in [-0.3, -0.25) is 9.88 Å². The van der Waals surface area contributed by atoms with Crippen molar-refractivity contribution in [2.24, 2.45) is 0 Å². The zero-order valence-corrected chi connectivity index (χ0v) is 22.6. The minimum absolute atomic E-state index is 0.0439. The molecule has 0 spiro atoms. The molecule has 0 aliphatic carbocycles. The molecule has 1 aromatic heterocycles. The standard InChI is InChI=1S/C30H36ClN3O4/c1-30(36,23-10-11-24(32-18-23)20-38-29-9-5-6-16-37-29)21-33-14-15-34(27-13-12-25(35)17-26(27)31)28(19-33)22-7-3-2-4-8-22/h2-4,7-8,10-13,17-18,28-29,35-36H,5-6,9,14-16,19-21H2,1H3/t28-,29?,30+/m0/s1. The van der Waals surface area contributed by atoms with Gasteiger partial charge in [0.25, 0.3) is 0 Å². The number of phenols is 1. The second kappa shape index (κ2) is 12.0. The summed E-state index contributed by atoms with van der Waals surface area (Å²) in [5, 5.41) is 21.9. The largest absolute Gasteiger partial charge is 0.508 e. The van der Waals surface area contributed by atoms with Gasteiger partial charge in [-0.25, -0.2) is 0 Å². The van der Waals surface area contributed by atoms with Crippen molar-refractivity contribution in [3.63, 3.8) is 0 Å². The Kier molecular flexibility index (Phi) is 8.51. The Morgan fingerprint density at radius 2 is 1.95 bits per heavy atom. The minimum atomic E-state index is -1.07. The Balaban J connectivity index is 1.26. The summed E-state index contributed by atoms with van der Waals surface area (Å²) in [5.41, 5.74) is 2.59. The number of rotatable bonds is 8. The quantitative estimate of drug-likeness (QED) is 0.406. The summed E-state index contributed by atoms with van der Waals surface area (Å²) < 4.78 is 11.5. The molecule has 1 unspecified atom stereocenters. The van der Waals surface area contributed by atoms with Gasteiger partial charge in [0, 0.05) is 50.6 Å². The molecule has 0 bridgehead atoms. The van der Waals surface area contributed by atoms with Crippen LogP contribution in [0.4, 0.5) is 5.69 Å². The molecule has 2 N–H and O–H groups in total. The molecule has 202 valence electrons. The number of ether oxygens (including phenoxy) is 2. The summed E-state index contributed by atoms with van der Waals surface area (Å²) in [6, 6.07) is 19.4. The highest BCUT2D eigenvalue weighted by molar-refractivity contribution is 6.33. The van der Waals surface area contributed by atoms with Crippen LogP contribution in [0.5, 0.6) is 5.75 Å². The second-order valence-electron chi connectivity index (χ2n) is 10.4. The lowest BCUT2D eigenvalue weighted by Crippen LogP contribution is -2.52. The number of benzene rings is 2. The maximum atomic E-state index is 11.5. The summed E-state index contributed by atoms with van der Waals surface area (Å²) in [6.07, 6.45) is 4.74. The van der Waals surface area contributed by atoms with Crippen LogP contribution in [0, 0.1) is 0 Å². The van der Waals surface area contributed by atoms with Gasteiger partial charge in [0.1, 0.15) is 11.4 Å². The third kappa shape index (κ3) is 6.47. The third-order valence-corrected chi connectivity index (χ3v) is 7.73. The highest BCUT2D eigenvalue weighted by Crippen LogP contribution is 2.37. The molecule has 0 saturated carbocycles. The Hall–Kier alpha value is -2.68. The van der Waals surface area contributed by atoms with E-state index in [0.29, 0.717) is 18.2 Å². The van der Waals surface area contributed by atoms with Crippen LogP contribution in [0.15, 0.2) is 66.9 Å². The van der Waals surface area contributed by atoms with Crippen molar-refractivity contribution in [1.29, 1.82) is 0 Å². The average molecular weight is 538 g/mol. The number of aromatic hydroxyl groups is 1. The normalized spacial score (nSPS) is 22.2. The third-order valence-electron chi connectivity index (χ3n) is 7.42. The fourth-order valence-electron chi connectivity index (χ4n) is 5.34. The molecular weight excluding hydrogens is 502 g/mol. The van der Waals surface area contributed by atoms with E-state index in [9.17, 15) is 10.2 Å². The Morgan fingerprint density at radius 3 is 2.66 bits per heavy atom. The number of piperazine rings is 1. The molecule has 38 heavy (non-hydrogen) atoms. The smallest absolute Gasteiger partial charge is 0.158 e. The predicted molar refractivity (Wildman–Crippen MR) is 148 cm³/mol. The molecule has 5 rings (SSSR count). The van der Waals surface area contributed by atoms with Crippen LogP contribution >= 0.6 is 11.6 Å². The highest BCUT2D eigenvalue weighted by Gasteiger charge is 2.34. The van der Waals surface area contributed by atoms with Gasteiger partial charge in [-0.1, -0.05) is 48.0 Å². The number of pyridine rings is 1. The van der Waals surface area contributed by atoms with Gasteiger partial charge in [-0.05, 0) is 49.9 Å². The molecule has 2 aliphatic heterocycles. The molecule has 3 atom stereocenters. The number of halogens is 1. The first kappa shape index (κ1) is 26.9. The lowest BCUT2D eigenvalue weighted by Gasteiger charge is -2.45. The van der Waals surface area contributed by atoms with Crippen LogP contribution in [-0.2, 0) is 21.7 Å². The predicted octanol–water partition coefficient (Wildman–Crippen LogP) is 5.25. The summed E-state index contributed by atoms with van der Waals surface area (Å²) in [4.78, 5) is 9.13. The number of hydrogen-bond donors (Lipinski definition) is 2. The van der Waals surface area contributed by atoms with Gasteiger partial charge in [0.2, 0.25) is 0 Å². The number of anilines is 1. The van der Waals surface area contributed by atoms with E-state index in [4.69, 9.17) is 21.1 Å². The van der Waals surface area contributed by atoms with Crippen LogP contribution in [0.3, 0.4) is 0 Å². The minimum Gasteiger partial charge on any atom is -0.508 e. The van der Waals surface area contributed by atoms with Crippen molar-refractivity contribution in [3.05, 3.63) is 88.7 Å². The molecule has 2 saturated heterocycles. The summed E-state index contributed by atoms with van der Waals surface area (Å²) in [7, 11) is 0. The van der Waals surface area contributed by atoms with Crippen molar-refractivity contribution in [2.75, 3.05) is 37.7 Å². The van der Waals surface area contributed by atoms with Crippen molar-refractivity contribution < 1.29 is 19.7 Å². The van der Waals surface area contributed by atoms with E-state index in [1.165, 1.54) is 5.56 Å². The lowest BCUT2D eigenvalue weighted by atomic mass is 9.95. The second-order valence-corrected chi connectivity index (χ2v) is 10.8. The average Bonchev–Trinajstić information content (AvgIpc) is 2.93. The van der Waals surface area contributed by atoms with Crippen molar-refractivity contribution in [3.8, 4) is 5.75 Å². The topological polar surface area (TPSA) is 78.3 Å². The molecule has 3 aromatic rings. The monoisotopic (exact) mass is 537 g/mol. The molecule has 8 heteroatoms. The van der Waals surface area contributed by atoms with Gasteiger partial charge >= 0.3 is 0 Å². The first-order valence-electron chi connectivity index (χ1n) is 13.3. The Bertz CT molecular complexity index is 1190. The molecule has 0 amide bonds. The van der Waals surface area contributed by atoms with Crippen LogP contribution in [-0.4, -0.2) is 59.2 Å². The number of nitrogens with zero attached hydrogens (tertiary/aromatic N) is 3. The summed E-state index contributed by atoms with van der Waals surface area (Å²) in [5.74, 6) is 0.151. The van der Waals surface area contributed by atoms with Gasteiger partial charge in [-0.15, -0.1) is 0 Å². The number of β-amino-alcohol motifs (C(OH)–C–C–N with tert-alkyl or cyclic N) is 1. The van der Waals surface area contributed by atoms with E-state index in [-0.39, 0.29) is 18.1 Å². The Morgan fingerprint density at radius 1 is 1.11 bits per heavy atom. The van der Waals surface area contributed by atoms with Crippen LogP contribution in [0.25, 0.3) is 0 Å². The van der Waals surface area contributed by atoms with Crippen LogP contribution in [0.2, 0.25) is 5.02 Å².